The first kappa shape index (κ1) is 11.0. The van der Waals surface area contributed by atoms with Crippen molar-refractivity contribution in [2.75, 3.05) is 24.5 Å². The Morgan fingerprint density at radius 3 is 3.18 bits per heavy atom. The first-order valence-corrected chi connectivity index (χ1v) is 6.25. The molecule has 0 amide bonds. The molecule has 2 aliphatic heterocycles. The number of nitrogens with one attached hydrogen (secondary N) is 1. The Morgan fingerprint density at radius 1 is 1.53 bits per heavy atom. The van der Waals surface area contributed by atoms with Crippen molar-refractivity contribution >= 4 is 17.3 Å². The third-order valence-electron chi connectivity index (χ3n) is 3.81. The fraction of sp³-hybridized carbons (Fsp3) is 0.636. The summed E-state index contributed by atoms with van der Waals surface area (Å²) in [4.78, 5) is 14.0. The highest BCUT2D eigenvalue weighted by Gasteiger charge is 2.38. The maximum Gasteiger partial charge on any atom is 0.287 e. The van der Waals surface area contributed by atoms with Gasteiger partial charge in [0, 0.05) is 32.7 Å². The largest absolute Gasteiger partial charge is 0.364 e. The average Bonchev–Trinajstić information content (AvgIpc) is 2.89. The number of rotatable bonds is 1. The molecule has 3 heterocycles. The van der Waals surface area contributed by atoms with E-state index < -0.39 is 0 Å². The van der Waals surface area contributed by atoms with Crippen molar-refractivity contribution in [2.45, 2.75) is 12.5 Å². The van der Waals surface area contributed by atoms with Crippen molar-refractivity contribution in [3.05, 3.63) is 21.6 Å². The zero-order valence-corrected chi connectivity index (χ0v) is 10.4. The fourth-order valence-corrected chi connectivity index (χ4v) is 3.13. The molecule has 0 bridgehead atoms. The average molecular weight is 255 g/mol. The standard InChI is InChI=1S/C11H15ClN4O/c1-15-11(17)10(12)9(6-14-15)16-3-2-7-4-13-5-8(7)16/h6-8,13H,2-5H2,1H3/t7-,8+/m0/s1. The summed E-state index contributed by atoms with van der Waals surface area (Å²) in [7, 11) is 1.61. The Balaban J connectivity index is 2.00. The molecule has 0 radical (unpaired) electrons. The summed E-state index contributed by atoms with van der Waals surface area (Å²) in [5, 5.41) is 7.72. The van der Waals surface area contributed by atoms with E-state index in [2.05, 4.69) is 15.3 Å². The number of anilines is 1. The van der Waals surface area contributed by atoms with Crippen molar-refractivity contribution in [1.29, 1.82) is 0 Å². The zero-order chi connectivity index (χ0) is 12.0. The van der Waals surface area contributed by atoms with Crippen LogP contribution in [-0.4, -0.2) is 35.5 Å². The topological polar surface area (TPSA) is 50.2 Å². The maximum atomic E-state index is 11.8. The van der Waals surface area contributed by atoms with Gasteiger partial charge in [-0.3, -0.25) is 4.79 Å². The molecule has 1 aromatic heterocycles. The minimum Gasteiger partial charge on any atom is -0.364 e. The van der Waals surface area contributed by atoms with E-state index in [1.165, 1.54) is 4.68 Å². The van der Waals surface area contributed by atoms with Crippen molar-refractivity contribution in [1.82, 2.24) is 15.1 Å². The van der Waals surface area contributed by atoms with E-state index in [9.17, 15) is 4.79 Å². The maximum absolute atomic E-state index is 11.8. The van der Waals surface area contributed by atoms with E-state index in [0.29, 0.717) is 12.0 Å². The number of nitrogens with zero attached hydrogens (tertiary/aromatic N) is 3. The van der Waals surface area contributed by atoms with Crippen molar-refractivity contribution in [2.24, 2.45) is 13.0 Å². The molecular formula is C11H15ClN4O. The molecule has 0 spiro atoms. The third kappa shape index (κ3) is 1.65. The lowest BCUT2D eigenvalue weighted by molar-refractivity contribution is 0.577. The third-order valence-corrected chi connectivity index (χ3v) is 4.17. The van der Waals surface area contributed by atoms with E-state index >= 15 is 0 Å². The highest BCUT2D eigenvalue weighted by molar-refractivity contribution is 6.33. The second-order valence-corrected chi connectivity index (χ2v) is 5.12. The molecular weight excluding hydrogens is 240 g/mol. The molecule has 0 unspecified atom stereocenters. The predicted octanol–water partition coefficient (Wildman–Crippen LogP) is 0.232. The van der Waals surface area contributed by atoms with Gasteiger partial charge in [0.15, 0.2) is 0 Å². The molecule has 2 aliphatic rings. The summed E-state index contributed by atoms with van der Waals surface area (Å²) >= 11 is 6.13. The zero-order valence-electron chi connectivity index (χ0n) is 9.69. The number of hydrogen-bond acceptors (Lipinski definition) is 4. The van der Waals surface area contributed by atoms with Gasteiger partial charge in [-0.05, 0) is 12.3 Å². The number of aromatic nitrogens is 2. The number of aryl methyl sites for hydroxylation is 1. The van der Waals surface area contributed by atoms with Gasteiger partial charge in [0.1, 0.15) is 5.02 Å². The predicted molar refractivity (Wildman–Crippen MR) is 66.6 cm³/mol. The van der Waals surface area contributed by atoms with Gasteiger partial charge in [0.2, 0.25) is 0 Å². The second kappa shape index (κ2) is 3.99. The van der Waals surface area contributed by atoms with Crippen LogP contribution in [0.5, 0.6) is 0 Å². The Kier molecular flexibility index (Phi) is 2.60. The van der Waals surface area contributed by atoms with Crippen LogP contribution < -0.4 is 15.8 Å². The molecule has 2 saturated heterocycles. The van der Waals surface area contributed by atoms with Crippen LogP contribution in [0, 0.1) is 5.92 Å². The van der Waals surface area contributed by atoms with E-state index in [-0.39, 0.29) is 10.6 Å². The van der Waals surface area contributed by atoms with E-state index in [0.717, 1.165) is 31.7 Å². The molecule has 5 nitrogen and oxygen atoms in total. The van der Waals surface area contributed by atoms with E-state index in [1.54, 1.807) is 13.2 Å². The minimum atomic E-state index is -0.224. The quantitative estimate of drug-likeness (QED) is 0.780. The lowest BCUT2D eigenvalue weighted by Gasteiger charge is -2.25. The van der Waals surface area contributed by atoms with Gasteiger partial charge in [-0.25, -0.2) is 4.68 Å². The van der Waals surface area contributed by atoms with Crippen LogP contribution in [0.1, 0.15) is 6.42 Å². The molecule has 17 heavy (non-hydrogen) atoms. The van der Waals surface area contributed by atoms with Gasteiger partial charge in [0.25, 0.3) is 5.56 Å². The molecule has 92 valence electrons. The fourth-order valence-electron chi connectivity index (χ4n) is 2.85. The molecule has 0 aliphatic carbocycles. The molecule has 1 N–H and O–H groups in total. The lowest BCUT2D eigenvalue weighted by atomic mass is 10.1. The van der Waals surface area contributed by atoms with Crippen molar-refractivity contribution in [3.8, 4) is 0 Å². The van der Waals surface area contributed by atoms with Crippen LogP contribution >= 0.6 is 11.6 Å². The Labute approximate surface area is 104 Å². The van der Waals surface area contributed by atoms with Crippen LogP contribution in [0.2, 0.25) is 5.02 Å². The number of hydrogen-bond donors (Lipinski definition) is 1. The van der Waals surface area contributed by atoms with E-state index in [1.807, 2.05) is 0 Å². The van der Waals surface area contributed by atoms with E-state index in [4.69, 9.17) is 11.6 Å². The summed E-state index contributed by atoms with van der Waals surface area (Å²) < 4.78 is 1.27. The van der Waals surface area contributed by atoms with Gasteiger partial charge in [-0.2, -0.15) is 5.10 Å². The highest BCUT2D eigenvalue weighted by Crippen LogP contribution is 2.33. The van der Waals surface area contributed by atoms with Crippen LogP contribution in [0.4, 0.5) is 5.69 Å². The summed E-state index contributed by atoms with van der Waals surface area (Å²) in [6.07, 6.45) is 2.85. The lowest BCUT2D eigenvalue weighted by Crippen LogP contribution is -2.36. The van der Waals surface area contributed by atoms with Crippen molar-refractivity contribution in [3.63, 3.8) is 0 Å². The monoisotopic (exact) mass is 254 g/mol. The normalized spacial score (nSPS) is 27.5. The van der Waals surface area contributed by atoms with Crippen LogP contribution in [0.3, 0.4) is 0 Å². The highest BCUT2D eigenvalue weighted by atomic mass is 35.5. The Hall–Kier alpha value is -1.07. The van der Waals surface area contributed by atoms with Crippen LogP contribution in [0.25, 0.3) is 0 Å². The van der Waals surface area contributed by atoms with Gasteiger partial charge < -0.3 is 10.2 Å². The summed E-state index contributed by atoms with van der Waals surface area (Å²) in [5.74, 6) is 0.676. The Morgan fingerprint density at radius 2 is 2.35 bits per heavy atom. The smallest absolute Gasteiger partial charge is 0.287 e. The molecule has 1 aromatic rings. The molecule has 3 rings (SSSR count). The first-order chi connectivity index (χ1) is 8.18. The van der Waals surface area contributed by atoms with Gasteiger partial charge >= 0.3 is 0 Å². The van der Waals surface area contributed by atoms with Crippen molar-refractivity contribution < 1.29 is 0 Å². The molecule has 6 heteroatoms. The SMILES string of the molecule is Cn1ncc(N2CC[C@H]3CNC[C@H]32)c(Cl)c1=O. The molecule has 2 fully saturated rings. The summed E-state index contributed by atoms with van der Waals surface area (Å²) in [5.41, 5.74) is 0.560. The Bertz CT molecular complexity index is 501. The molecule has 2 atom stereocenters. The van der Waals surface area contributed by atoms with Gasteiger partial charge in [-0.15, -0.1) is 0 Å². The summed E-state index contributed by atoms with van der Waals surface area (Å²) in [6.45, 7) is 3.00. The van der Waals surface area contributed by atoms with Gasteiger partial charge in [-0.1, -0.05) is 11.6 Å². The molecule has 0 aromatic carbocycles. The number of fused-ring (bicyclic) bond motifs is 1. The van der Waals surface area contributed by atoms with Gasteiger partial charge in [0.05, 0.1) is 11.9 Å². The van der Waals surface area contributed by atoms with Crippen LogP contribution in [0.15, 0.2) is 11.0 Å². The van der Waals surface area contributed by atoms with Crippen LogP contribution in [-0.2, 0) is 7.05 Å². The summed E-state index contributed by atoms with van der Waals surface area (Å²) in [6, 6.07) is 0.460. The first-order valence-electron chi connectivity index (χ1n) is 5.87. The number of halogens is 1. The molecule has 0 saturated carbocycles. The second-order valence-electron chi connectivity index (χ2n) is 4.74. The minimum absolute atomic E-state index is 0.224.